The summed E-state index contributed by atoms with van der Waals surface area (Å²) in [7, 11) is 0. The molecule has 0 spiro atoms. The summed E-state index contributed by atoms with van der Waals surface area (Å²) in [5, 5.41) is 8.83. The van der Waals surface area contributed by atoms with Gasteiger partial charge in [0.1, 0.15) is 5.76 Å². The molecule has 2 amide bonds. The lowest BCUT2D eigenvalue weighted by molar-refractivity contribution is -0.136. The lowest BCUT2D eigenvalue weighted by atomic mass is 9.99. The molecule has 1 heterocycles. The van der Waals surface area contributed by atoms with Crippen LogP contribution in [0.1, 0.15) is 22.9 Å². The molecule has 0 saturated carbocycles. The van der Waals surface area contributed by atoms with Crippen LogP contribution in [0.4, 0.5) is 5.82 Å². The summed E-state index contributed by atoms with van der Waals surface area (Å²) in [5.74, 6) is -0.806. The molecule has 0 bridgehead atoms. The largest absolute Gasteiger partial charge is 0.360 e. The minimum atomic E-state index is -0.801. The fourth-order valence-corrected chi connectivity index (χ4v) is 2.45. The highest BCUT2D eigenvalue weighted by Gasteiger charge is 2.22. The van der Waals surface area contributed by atoms with Crippen LogP contribution in [0.15, 0.2) is 71.3 Å². The second-order valence-corrected chi connectivity index (χ2v) is 5.50. The summed E-state index contributed by atoms with van der Waals surface area (Å²) in [6, 6.07) is 20.0. The number of anilines is 1. The van der Waals surface area contributed by atoms with Gasteiger partial charge >= 0.3 is 11.8 Å². The SMILES string of the molecule is Cc1cc(NC(=O)C(=O)NC(c2ccccc2)c2ccccc2)no1. The molecule has 0 saturated heterocycles. The van der Waals surface area contributed by atoms with E-state index in [0.29, 0.717) is 5.76 Å². The molecule has 2 aromatic carbocycles. The van der Waals surface area contributed by atoms with Crippen LogP contribution in [0.2, 0.25) is 0 Å². The smallest absolute Gasteiger partial charge is 0.314 e. The monoisotopic (exact) mass is 335 g/mol. The van der Waals surface area contributed by atoms with Gasteiger partial charge in [0.25, 0.3) is 0 Å². The number of hydrogen-bond donors (Lipinski definition) is 2. The van der Waals surface area contributed by atoms with Crippen molar-refractivity contribution in [2.24, 2.45) is 0 Å². The number of amides is 2. The quantitative estimate of drug-likeness (QED) is 0.718. The lowest BCUT2D eigenvalue weighted by Gasteiger charge is -2.19. The van der Waals surface area contributed by atoms with Crippen molar-refractivity contribution in [3.63, 3.8) is 0 Å². The zero-order chi connectivity index (χ0) is 17.6. The molecule has 0 aliphatic heterocycles. The van der Waals surface area contributed by atoms with E-state index in [9.17, 15) is 9.59 Å². The van der Waals surface area contributed by atoms with Crippen LogP contribution >= 0.6 is 0 Å². The van der Waals surface area contributed by atoms with Gasteiger partial charge in [-0.3, -0.25) is 14.9 Å². The zero-order valence-electron chi connectivity index (χ0n) is 13.6. The Balaban J connectivity index is 1.78. The van der Waals surface area contributed by atoms with E-state index in [4.69, 9.17) is 4.52 Å². The topological polar surface area (TPSA) is 84.2 Å². The molecule has 2 N–H and O–H groups in total. The normalized spacial score (nSPS) is 10.5. The Labute approximate surface area is 144 Å². The molecule has 0 fully saturated rings. The molecule has 126 valence electrons. The first-order chi connectivity index (χ1) is 12.1. The summed E-state index contributed by atoms with van der Waals surface area (Å²) in [5.41, 5.74) is 1.76. The maximum absolute atomic E-state index is 12.3. The van der Waals surface area contributed by atoms with Crippen molar-refractivity contribution in [1.82, 2.24) is 10.5 Å². The summed E-state index contributed by atoms with van der Waals surface area (Å²) in [4.78, 5) is 24.4. The summed E-state index contributed by atoms with van der Waals surface area (Å²) >= 11 is 0. The van der Waals surface area contributed by atoms with Crippen molar-refractivity contribution in [1.29, 1.82) is 0 Å². The Bertz CT molecular complexity index is 820. The van der Waals surface area contributed by atoms with Gasteiger partial charge < -0.3 is 9.84 Å². The third-order valence-corrected chi connectivity index (χ3v) is 3.62. The van der Waals surface area contributed by atoms with Gasteiger partial charge in [-0.15, -0.1) is 0 Å². The minimum absolute atomic E-state index is 0.202. The average Bonchev–Trinajstić information content (AvgIpc) is 3.05. The van der Waals surface area contributed by atoms with E-state index in [2.05, 4.69) is 15.8 Å². The second kappa shape index (κ2) is 7.44. The van der Waals surface area contributed by atoms with Gasteiger partial charge in [0.05, 0.1) is 6.04 Å². The first kappa shape index (κ1) is 16.4. The Kier molecular flexibility index (Phi) is 4.89. The van der Waals surface area contributed by atoms with Crippen LogP contribution in [0.5, 0.6) is 0 Å². The number of benzene rings is 2. The van der Waals surface area contributed by atoms with E-state index in [1.54, 1.807) is 6.92 Å². The van der Waals surface area contributed by atoms with E-state index in [1.807, 2.05) is 60.7 Å². The van der Waals surface area contributed by atoms with Gasteiger partial charge in [-0.1, -0.05) is 65.8 Å². The van der Waals surface area contributed by atoms with E-state index in [1.165, 1.54) is 6.07 Å². The fraction of sp³-hybridized carbons (Fsp3) is 0.105. The Morgan fingerprint density at radius 3 is 1.96 bits per heavy atom. The predicted octanol–water partition coefficient (Wildman–Crippen LogP) is 2.83. The Morgan fingerprint density at radius 1 is 0.920 bits per heavy atom. The van der Waals surface area contributed by atoms with Crippen molar-refractivity contribution in [2.45, 2.75) is 13.0 Å². The van der Waals surface area contributed by atoms with Gasteiger partial charge in [0.2, 0.25) is 0 Å². The zero-order valence-corrected chi connectivity index (χ0v) is 13.6. The van der Waals surface area contributed by atoms with Gasteiger partial charge in [-0.25, -0.2) is 0 Å². The molecule has 0 unspecified atom stereocenters. The molecule has 0 aliphatic rings. The Morgan fingerprint density at radius 2 is 1.48 bits per heavy atom. The lowest BCUT2D eigenvalue weighted by Crippen LogP contribution is -2.38. The van der Waals surface area contributed by atoms with E-state index < -0.39 is 17.9 Å². The molecule has 3 rings (SSSR count). The predicted molar refractivity (Wildman–Crippen MR) is 92.7 cm³/mol. The number of hydrogen-bond acceptors (Lipinski definition) is 4. The van der Waals surface area contributed by atoms with Gasteiger partial charge in [0, 0.05) is 6.07 Å². The first-order valence-corrected chi connectivity index (χ1v) is 7.78. The standard InChI is InChI=1S/C19H17N3O3/c1-13-12-16(22-25-13)20-18(23)19(24)21-17(14-8-4-2-5-9-14)15-10-6-3-7-11-15/h2-12,17H,1H3,(H,21,24)(H,20,22,23). The third kappa shape index (κ3) is 4.11. The molecular formula is C19H17N3O3. The van der Waals surface area contributed by atoms with Crippen LogP contribution in [0.25, 0.3) is 0 Å². The number of nitrogens with one attached hydrogen (secondary N) is 2. The van der Waals surface area contributed by atoms with Crippen LogP contribution in [0, 0.1) is 6.92 Å². The third-order valence-electron chi connectivity index (χ3n) is 3.62. The number of aromatic nitrogens is 1. The van der Waals surface area contributed by atoms with Crippen molar-refractivity contribution in [3.05, 3.63) is 83.6 Å². The number of rotatable bonds is 4. The number of carbonyl (C=O) groups excluding carboxylic acids is 2. The fourth-order valence-electron chi connectivity index (χ4n) is 2.45. The maximum Gasteiger partial charge on any atom is 0.314 e. The maximum atomic E-state index is 12.3. The molecule has 0 aliphatic carbocycles. The van der Waals surface area contributed by atoms with Crippen molar-refractivity contribution < 1.29 is 14.1 Å². The molecule has 0 radical (unpaired) electrons. The van der Waals surface area contributed by atoms with Crippen LogP contribution in [-0.2, 0) is 9.59 Å². The summed E-state index contributed by atoms with van der Waals surface area (Å²) in [6.45, 7) is 1.70. The highest BCUT2D eigenvalue weighted by atomic mass is 16.5. The summed E-state index contributed by atoms with van der Waals surface area (Å²) in [6.07, 6.45) is 0. The summed E-state index contributed by atoms with van der Waals surface area (Å²) < 4.78 is 4.87. The van der Waals surface area contributed by atoms with Crippen LogP contribution in [-0.4, -0.2) is 17.0 Å². The molecule has 25 heavy (non-hydrogen) atoms. The minimum Gasteiger partial charge on any atom is -0.360 e. The molecule has 6 heteroatoms. The number of carbonyl (C=O) groups is 2. The van der Waals surface area contributed by atoms with E-state index in [-0.39, 0.29) is 5.82 Å². The van der Waals surface area contributed by atoms with E-state index >= 15 is 0 Å². The highest BCUT2D eigenvalue weighted by Crippen LogP contribution is 2.21. The van der Waals surface area contributed by atoms with Crippen LogP contribution in [0.3, 0.4) is 0 Å². The molecule has 6 nitrogen and oxygen atoms in total. The number of nitrogens with zero attached hydrogens (tertiary/aromatic N) is 1. The Hall–Kier alpha value is -3.41. The van der Waals surface area contributed by atoms with E-state index in [0.717, 1.165) is 11.1 Å². The number of aryl methyl sites for hydroxylation is 1. The van der Waals surface area contributed by atoms with Gasteiger partial charge in [0.15, 0.2) is 5.82 Å². The second-order valence-electron chi connectivity index (χ2n) is 5.50. The van der Waals surface area contributed by atoms with Gasteiger partial charge in [-0.2, -0.15) is 0 Å². The van der Waals surface area contributed by atoms with Gasteiger partial charge in [-0.05, 0) is 18.1 Å². The highest BCUT2D eigenvalue weighted by molar-refractivity contribution is 6.39. The van der Waals surface area contributed by atoms with Crippen molar-refractivity contribution in [2.75, 3.05) is 5.32 Å². The molecule has 3 aromatic rings. The molecular weight excluding hydrogens is 318 g/mol. The van der Waals surface area contributed by atoms with Crippen molar-refractivity contribution in [3.8, 4) is 0 Å². The first-order valence-electron chi connectivity index (χ1n) is 7.78. The van der Waals surface area contributed by atoms with Crippen molar-refractivity contribution >= 4 is 17.6 Å². The molecule has 0 atom stereocenters. The average molecular weight is 335 g/mol. The molecule has 1 aromatic heterocycles. The van der Waals surface area contributed by atoms with Crippen LogP contribution < -0.4 is 10.6 Å².